The van der Waals surface area contributed by atoms with E-state index in [1.165, 1.54) is 6.07 Å². The van der Waals surface area contributed by atoms with Crippen LogP contribution in [0, 0.1) is 13.7 Å². The molecule has 2 aromatic rings. The van der Waals surface area contributed by atoms with Crippen molar-refractivity contribution in [3.8, 4) is 0 Å². The number of nitro groups is 1. The van der Waals surface area contributed by atoms with Gasteiger partial charge in [-0.3, -0.25) is 10.1 Å². The number of nitrogens with zero attached hydrogens (tertiary/aromatic N) is 1. The van der Waals surface area contributed by atoms with Crippen LogP contribution >= 0.6 is 34.2 Å². The third-order valence-electron chi connectivity index (χ3n) is 2.53. The summed E-state index contributed by atoms with van der Waals surface area (Å²) in [5.41, 5.74) is 1.73. The van der Waals surface area contributed by atoms with Gasteiger partial charge in [-0.2, -0.15) is 0 Å². The monoisotopic (exact) mass is 388 g/mol. The minimum atomic E-state index is -0.475. The molecule has 1 N–H and O–H groups in total. The van der Waals surface area contributed by atoms with Crippen molar-refractivity contribution < 1.29 is 4.92 Å². The largest absolute Gasteiger partial charge is 0.381 e. The van der Waals surface area contributed by atoms with Gasteiger partial charge in [-0.25, -0.2) is 0 Å². The number of nitrogens with one attached hydrogen (secondary N) is 1. The van der Waals surface area contributed by atoms with Crippen LogP contribution in [-0.4, -0.2) is 4.92 Å². The topological polar surface area (TPSA) is 55.2 Å². The SMILES string of the molecule is O=[N+]([O-])c1cc(CNc2cccc(I)c2)ccc1Cl. The molecule has 0 aliphatic rings. The van der Waals surface area contributed by atoms with Crippen molar-refractivity contribution in [1.29, 1.82) is 0 Å². The summed E-state index contributed by atoms with van der Waals surface area (Å²) in [6.45, 7) is 0.512. The van der Waals surface area contributed by atoms with Crippen LogP contribution in [0.1, 0.15) is 5.56 Å². The van der Waals surface area contributed by atoms with Crippen LogP contribution < -0.4 is 5.32 Å². The van der Waals surface area contributed by atoms with Crippen molar-refractivity contribution in [3.05, 3.63) is 66.7 Å². The molecular weight excluding hydrogens is 379 g/mol. The Morgan fingerprint density at radius 1 is 1.26 bits per heavy atom. The summed E-state index contributed by atoms with van der Waals surface area (Å²) in [5, 5.41) is 14.2. The van der Waals surface area contributed by atoms with Crippen LogP contribution in [0.3, 0.4) is 0 Å². The van der Waals surface area contributed by atoms with Crippen molar-refractivity contribution in [2.24, 2.45) is 0 Å². The summed E-state index contributed by atoms with van der Waals surface area (Å²) in [7, 11) is 0. The normalized spacial score (nSPS) is 10.2. The maximum atomic E-state index is 10.8. The first-order valence-electron chi connectivity index (χ1n) is 5.48. The van der Waals surface area contributed by atoms with E-state index in [1.54, 1.807) is 12.1 Å². The molecule has 0 unspecified atom stereocenters. The lowest BCUT2D eigenvalue weighted by molar-refractivity contribution is -0.384. The molecule has 0 spiro atoms. The first kappa shape index (κ1) is 14.1. The van der Waals surface area contributed by atoms with E-state index in [0.717, 1.165) is 14.8 Å². The second-order valence-electron chi connectivity index (χ2n) is 3.91. The minimum absolute atomic E-state index is 0.0661. The van der Waals surface area contributed by atoms with E-state index < -0.39 is 4.92 Å². The molecule has 0 amide bonds. The Kier molecular flexibility index (Phi) is 4.60. The van der Waals surface area contributed by atoms with Crippen LogP contribution in [0.15, 0.2) is 42.5 Å². The predicted molar refractivity (Wildman–Crippen MR) is 84.6 cm³/mol. The van der Waals surface area contributed by atoms with E-state index >= 15 is 0 Å². The van der Waals surface area contributed by atoms with E-state index in [0.29, 0.717) is 6.54 Å². The lowest BCUT2D eigenvalue weighted by atomic mass is 10.2. The predicted octanol–water partition coefficient (Wildman–Crippen LogP) is 4.46. The van der Waals surface area contributed by atoms with Gasteiger partial charge in [0.25, 0.3) is 5.69 Å². The quantitative estimate of drug-likeness (QED) is 0.478. The standard InChI is InChI=1S/C13H10ClIN2O2/c14-12-5-4-9(6-13(12)17(18)19)8-16-11-3-1-2-10(15)7-11/h1-7,16H,8H2. The molecule has 0 radical (unpaired) electrons. The summed E-state index contributed by atoms with van der Waals surface area (Å²) in [6, 6.07) is 12.7. The second kappa shape index (κ2) is 6.21. The molecule has 0 fully saturated rings. The van der Waals surface area contributed by atoms with E-state index in [2.05, 4.69) is 27.9 Å². The molecule has 98 valence electrons. The van der Waals surface area contributed by atoms with E-state index in [9.17, 15) is 10.1 Å². The zero-order valence-corrected chi connectivity index (χ0v) is 12.7. The van der Waals surface area contributed by atoms with Crippen LogP contribution in [-0.2, 0) is 6.54 Å². The molecule has 2 aromatic carbocycles. The van der Waals surface area contributed by atoms with E-state index in [-0.39, 0.29) is 10.7 Å². The van der Waals surface area contributed by atoms with Crippen molar-refractivity contribution >= 4 is 45.6 Å². The minimum Gasteiger partial charge on any atom is -0.381 e. The van der Waals surface area contributed by atoms with E-state index in [1.807, 2.05) is 24.3 Å². The fraction of sp³-hybridized carbons (Fsp3) is 0.0769. The molecule has 0 saturated carbocycles. The van der Waals surface area contributed by atoms with Gasteiger partial charge < -0.3 is 5.32 Å². The Bertz CT molecular complexity index is 619. The van der Waals surface area contributed by atoms with Gasteiger partial charge in [0.1, 0.15) is 5.02 Å². The van der Waals surface area contributed by atoms with Gasteiger partial charge >= 0.3 is 0 Å². The number of halogens is 2. The van der Waals surface area contributed by atoms with Gasteiger partial charge in [-0.1, -0.05) is 23.7 Å². The Labute approximate surface area is 129 Å². The molecule has 0 bridgehead atoms. The number of anilines is 1. The van der Waals surface area contributed by atoms with Crippen LogP contribution in [0.25, 0.3) is 0 Å². The van der Waals surface area contributed by atoms with Crippen LogP contribution in [0.2, 0.25) is 5.02 Å². The van der Waals surface area contributed by atoms with Gasteiger partial charge in [0.05, 0.1) is 4.92 Å². The summed E-state index contributed by atoms with van der Waals surface area (Å²) in [6.07, 6.45) is 0. The summed E-state index contributed by atoms with van der Waals surface area (Å²) in [5.74, 6) is 0. The van der Waals surface area contributed by atoms with Gasteiger partial charge in [0.15, 0.2) is 0 Å². The van der Waals surface area contributed by atoms with Crippen molar-refractivity contribution in [2.75, 3.05) is 5.32 Å². The van der Waals surface area contributed by atoms with Crippen molar-refractivity contribution in [2.45, 2.75) is 6.54 Å². The van der Waals surface area contributed by atoms with E-state index in [4.69, 9.17) is 11.6 Å². The molecule has 0 aliphatic heterocycles. The molecule has 19 heavy (non-hydrogen) atoms. The first-order valence-corrected chi connectivity index (χ1v) is 6.94. The number of nitro benzene ring substituents is 1. The van der Waals surface area contributed by atoms with Crippen LogP contribution in [0.4, 0.5) is 11.4 Å². The average molecular weight is 389 g/mol. The summed E-state index contributed by atoms with van der Waals surface area (Å²) in [4.78, 5) is 10.3. The third-order valence-corrected chi connectivity index (χ3v) is 3.52. The highest BCUT2D eigenvalue weighted by molar-refractivity contribution is 14.1. The van der Waals surface area contributed by atoms with Gasteiger partial charge in [-0.15, -0.1) is 0 Å². The highest BCUT2D eigenvalue weighted by Crippen LogP contribution is 2.25. The smallest absolute Gasteiger partial charge is 0.288 e. The number of benzene rings is 2. The highest BCUT2D eigenvalue weighted by Gasteiger charge is 2.12. The Balaban J connectivity index is 2.12. The first-order chi connectivity index (χ1) is 9.06. The molecular formula is C13H10ClIN2O2. The van der Waals surface area contributed by atoms with Crippen molar-refractivity contribution in [1.82, 2.24) is 0 Å². The molecule has 2 rings (SSSR count). The Morgan fingerprint density at radius 3 is 2.74 bits per heavy atom. The molecule has 0 atom stereocenters. The highest BCUT2D eigenvalue weighted by atomic mass is 127. The molecule has 4 nitrogen and oxygen atoms in total. The zero-order chi connectivity index (χ0) is 13.8. The summed E-state index contributed by atoms with van der Waals surface area (Å²) < 4.78 is 1.13. The molecule has 0 aliphatic carbocycles. The molecule has 0 heterocycles. The molecule has 6 heteroatoms. The number of hydrogen-bond donors (Lipinski definition) is 1. The summed E-state index contributed by atoms with van der Waals surface area (Å²) >= 11 is 8.00. The van der Waals surface area contributed by atoms with Crippen molar-refractivity contribution in [3.63, 3.8) is 0 Å². The second-order valence-corrected chi connectivity index (χ2v) is 5.56. The fourth-order valence-corrected chi connectivity index (χ4v) is 2.34. The number of rotatable bonds is 4. The van der Waals surface area contributed by atoms with Gasteiger partial charge in [0, 0.05) is 21.9 Å². The molecule has 0 saturated heterocycles. The maximum absolute atomic E-state index is 10.8. The lowest BCUT2D eigenvalue weighted by Gasteiger charge is -2.07. The van der Waals surface area contributed by atoms with Crippen LogP contribution in [0.5, 0.6) is 0 Å². The fourth-order valence-electron chi connectivity index (χ4n) is 1.61. The lowest BCUT2D eigenvalue weighted by Crippen LogP contribution is -2.00. The number of hydrogen-bond acceptors (Lipinski definition) is 3. The third kappa shape index (κ3) is 3.81. The molecule has 0 aromatic heterocycles. The van der Waals surface area contributed by atoms with Gasteiger partial charge in [-0.05, 0) is 52.4 Å². The average Bonchev–Trinajstić information content (AvgIpc) is 2.37. The van der Waals surface area contributed by atoms with Gasteiger partial charge in [0.2, 0.25) is 0 Å². The maximum Gasteiger partial charge on any atom is 0.288 e. The zero-order valence-electron chi connectivity index (χ0n) is 9.77. The Morgan fingerprint density at radius 2 is 2.05 bits per heavy atom. The Hall–Kier alpha value is -1.34.